The molecule has 0 unspecified atom stereocenters. The number of benzene rings is 1. The molecule has 0 radical (unpaired) electrons. The third-order valence-electron chi connectivity index (χ3n) is 3.15. The zero-order valence-electron chi connectivity index (χ0n) is 13.5. The predicted molar refractivity (Wildman–Crippen MR) is 86.6 cm³/mol. The lowest BCUT2D eigenvalue weighted by Gasteiger charge is -2.15. The smallest absolute Gasteiger partial charge is 0.240 e. The Balaban J connectivity index is 3.09. The lowest BCUT2D eigenvalue weighted by Crippen LogP contribution is -2.32. The van der Waals surface area contributed by atoms with Crippen molar-refractivity contribution in [2.45, 2.75) is 51.0 Å². The van der Waals surface area contributed by atoms with Crippen LogP contribution in [0.15, 0.2) is 23.1 Å². The van der Waals surface area contributed by atoms with Gasteiger partial charge in [-0.1, -0.05) is 20.3 Å². The Morgan fingerprint density at radius 2 is 2.00 bits per heavy atom. The van der Waals surface area contributed by atoms with Crippen LogP contribution in [0.5, 0.6) is 5.75 Å². The molecule has 1 atom stereocenters. The van der Waals surface area contributed by atoms with E-state index in [1.54, 1.807) is 6.92 Å². The number of amides is 1. The molecule has 1 amide bonds. The third kappa shape index (κ3) is 4.99. The van der Waals surface area contributed by atoms with Gasteiger partial charge in [0.15, 0.2) is 0 Å². The molecule has 0 aliphatic rings. The van der Waals surface area contributed by atoms with Gasteiger partial charge in [0.05, 0.1) is 17.7 Å². The lowest BCUT2D eigenvalue weighted by atomic mass is 10.2. The van der Waals surface area contributed by atoms with Gasteiger partial charge in [0.1, 0.15) is 5.75 Å². The number of sulfonamides is 1. The van der Waals surface area contributed by atoms with Gasteiger partial charge < -0.3 is 10.1 Å². The van der Waals surface area contributed by atoms with Gasteiger partial charge in [-0.2, -0.15) is 0 Å². The van der Waals surface area contributed by atoms with Gasteiger partial charge in [-0.3, -0.25) is 4.79 Å². The number of hydrogen-bond acceptors (Lipinski definition) is 4. The van der Waals surface area contributed by atoms with E-state index in [1.165, 1.54) is 25.3 Å². The van der Waals surface area contributed by atoms with Crippen LogP contribution < -0.4 is 14.8 Å². The number of rotatable bonds is 8. The topological polar surface area (TPSA) is 84.5 Å². The van der Waals surface area contributed by atoms with Gasteiger partial charge in [-0.15, -0.1) is 0 Å². The monoisotopic (exact) mass is 328 g/mol. The van der Waals surface area contributed by atoms with Gasteiger partial charge >= 0.3 is 0 Å². The van der Waals surface area contributed by atoms with Gasteiger partial charge in [-0.05, 0) is 31.5 Å². The molecule has 0 aromatic heterocycles. The molecule has 1 rings (SSSR count). The van der Waals surface area contributed by atoms with Crippen LogP contribution in [-0.4, -0.2) is 27.5 Å². The molecule has 0 aliphatic heterocycles. The summed E-state index contributed by atoms with van der Waals surface area (Å²) in [6, 6.07) is 4.25. The van der Waals surface area contributed by atoms with Crippen molar-refractivity contribution in [2.24, 2.45) is 0 Å². The summed E-state index contributed by atoms with van der Waals surface area (Å²) in [6.07, 6.45) is 1.95. The van der Waals surface area contributed by atoms with Crippen LogP contribution in [0.1, 0.15) is 40.0 Å². The SMILES string of the molecule is CCC[C@@H](C)NS(=O)(=O)c1ccc(OC)c(NC(=O)CC)c1. The van der Waals surface area contributed by atoms with Crippen molar-refractivity contribution >= 4 is 21.6 Å². The Kier molecular flexibility index (Phi) is 6.83. The van der Waals surface area contributed by atoms with Gasteiger partial charge in [0.25, 0.3) is 0 Å². The van der Waals surface area contributed by atoms with Crippen LogP contribution in [0.2, 0.25) is 0 Å². The van der Waals surface area contributed by atoms with E-state index in [4.69, 9.17) is 4.74 Å². The maximum Gasteiger partial charge on any atom is 0.240 e. The molecule has 6 nitrogen and oxygen atoms in total. The number of carbonyl (C=O) groups is 1. The largest absolute Gasteiger partial charge is 0.495 e. The number of methoxy groups -OCH3 is 1. The molecular weight excluding hydrogens is 304 g/mol. The molecule has 0 saturated carbocycles. The van der Waals surface area contributed by atoms with Gasteiger partial charge in [0, 0.05) is 12.5 Å². The fraction of sp³-hybridized carbons (Fsp3) is 0.533. The van der Waals surface area contributed by atoms with Crippen molar-refractivity contribution in [3.8, 4) is 5.75 Å². The molecule has 124 valence electrons. The predicted octanol–water partition coefficient (Wildman–Crippen LogP) is 2.51. The summed E-state index contributed by atoms with van der Waals surface area (Å²) in [5, 5.41) is 2.65. The Morgan fingerprint density at radius 3 is 2.55 bits per heavy atom. The Morgan fingerprint density at radius 1 is 1.32 bits per heavy atom. The molecule has 1 aromatic rings. The lowest BCUT2D eigenvalue weighted by molar-refractivity contribution is -0.115. The zero-order chi connectivity index (χ0) is 16.8. The average Bonchev–Trinajstić information content (AvgIpc) is 2.46. The molecule has 1 aromatic carbocycles. The van der Waals surface area contributed by atoms with Crippen LogP contribution in [0, 0.1) is 0 Å². The molecule has 7 heteroatoms. The first-order valence-corrected chi connectivity index (χ1v) is 8.82. The molecule has 2 N–H and O–H groups in total. The highest BCUT2D eigenvalue weighted by molar-refractivity contribution is 7.89. The van der Waals surface area contributed by atoms with Crippen LogP contribution in [0.25, 0.3) is 0 Å². The van der Waals surface area contributed by atoms with Crippen molar-refractivity contribution in [3.63, 3.8) is 0 Å². The standard InChI is InChI=1S/C15H24N2O4S/c1-5-7-11(3)17-22(19,20)12-8-9-14(21-4)13(10-12)16-15(18)6-2/h8-11,17H,5-7H2,1-4H3,(H,16,18)/t11-/m1/s1. The molecule has 0 aliphatic carbocycles. The first kappa shape index (κ1) is 18.4. The van der Waals surface area contributed by atoms with E-state index >= 15 is 0 Å². The number of ether oxygens (including phenoxy) is 1. The second-order valence-electron chi connectivity index (χ2n) is 5.07. The maximum atomic E-state index is 12.4. The van der Waals surface area contributed by atoms with E-state index in [-0.39, 0.29) is 16.8 Å². The van der Waals surface area contributed by atoms with Crippen molar-refractivity contribution in [1.29, 1.82) is 0 Å². The molecule has 22 heavy (non-hydrogen) atoms. The normalized spacial score (nSPS) is 12.7. The van der Waals surface area contributed by atoms with E-state index in [9.17, 15) is 13.2 Å². The van der Waals surface area contributed by atoms with Crippen LogP contribution in [0.3, 0.4) is 0 Å². The third-order valence-corrected chi connectivity index (χ3v) is 4.74. The number of hydrogen-bond donors (Lipinski definition) is 2. The highest BCUT2D eigenvalue weighted by atomic mass is 32.2. The fourth-order valence-electron chi connectivity index (χ4n) is 2.02. The van der Waals surface area contributed by atoms with Crippen molar-refractivity contribution in [2.75, 3.05) is 12.4 Å². The van der Waals surface area contributed by atoms with E-state index in [2.05, 4.69) is 10.0 Å². The van der Waals surface area contributed by atoms with Crippen LogP contribution in [0.4, 0.5) is 5.69 Å². The second kappa shape index (κ2) is 8.14. The molecule has 0 fully saturated rings. The minimum absolute atomic E-state index is 0.0997. The highest BCUT2D eigenvalue weighted by Crippen LogP contribution is 2.27. The van der Waals surface area contributed by atoms with Crippen molar-refractivity contribution < 1.29 is 17.9 Å². The number of anilines is 1. The maximum absolute atomic E-state index is 12.4. The van der Waals surface area contributed by atoms with E-state index in [0.29, 0.717) is 17.9 Å². The molecule has 0 saturated heterocycles. The summed E-state index contributed by atoms with van der Waals surface area (Å²) < 4.78 is 32.5. The summed E-state index contributed by atoms with van der Waals surface area (Å²) in [7, 11) is -2.16. The number of carbonyl (C=O) groups excluding carboxylic acids is 1. The Bertz CT molecular complexity index is 614. The summed E-state index contributed by atoms with van der Waals surface area (Å²) in [5.41, 5.74) is 0.348. The quantitative estimate of drug-likeness (QED) is 0.768. The Labute approximate surface area is 132 Å². The summed E-state index contributed by atoms with van der Waals surface area (Å²) >= 11 is 0. The van der Waals surface area contributed by atoms with E-state index in [1.807, 2.05) is 13.8 Å². The summed E-state index contributed by atoms with van der Waals surface area (Å²) in [5.74, 6) is 0.211. The highest BCUT2D eigenvalue weighted by Gasteiger charge is 2.19. The minimum Gasteiger partial charge on any atom is -0.495 e. The molecule has 0 bridgehead atoms. The minimum atomic E-state index is -3.63. The van der Waals surface area contributed by atoms with Crippen LogP contribution >= 0.6 is 0 Å². The summed E-state index contributed by atoms with van der Waals surface area (Å²) in [6.45, 7) is 5.54. The molecular formula is C15H24N2O4S. The number of nitrogens with one attached hydrogen (secondary N) is 2. The van der Waals surface area contributed by atoms with Crippen LogP contribution in [-0.2, 0) is 14.8 Å². The van der Waals surface area contributed by atoms with Gasteiger partial charge in [-0.25, -0.2) is 13.1 Å². The van der Waals surface area contributed by atoms with Crippen molar-refractivity contribution in [3.05, 3.63) is 18.2 Å². The molecule has 0 heterocycles. The molecule has 0 spiro atoms. The van der Waals surface area contributed by atoms with E-state index < -0.39 is 10.0 Å². The first-order chi connectivity index (χ1) is 10.3. The van der Waals surface area contributed by atoms with Gasteiger partial charge in [0.2, 0.25) is 15.9 Å². The summed E-state index contributed by atoms with van der Waals surface area (Å²) in [4.78, 5) is 11.6. The first-order valence-electron chi connectivity index (χ1n) is 7.34. The average molecular weight is 328 g/mol. The zero-order valence-corrected chi connectivity index (χ0v) is 14.3. The van der Waals surface area contributed by atoms with E-state index in [0.717, 1.165) is 12.8 Å². The fourth-order valence-corrected chi connectivity index (χ4v) is 3.32. The van der Waals surface area contributed by atoms with Crippen molar-refractivity contribution in [1.82, 2.24) is 4.72 Å². The second-order valence-corrected chi connectivity index (χ2v) is 6.79. The Hall–Kier alpha value is -1.60.